The average molecular weight is 537 g/mol. The molecule has 0 radical (unpaired) electrons. The van der Waals surface area contributed by atoms with E-state index in [0.717, 1.165) is 44.2 Å². The summed E-state index contributed by atoms with van der Waals surface area (Å²) in [5, 5.41) is 0. The Hall–Kier alpha value is -3.16. The van der Waals surface area contributed by atoms with Crippen LogP contribution in [0.15, 0.2) is 48.5 Å². The summed E-state index contributed by atoms with van der Waals surface area (Å²) in [5.74, 6) is -3.17. The zero-order valence-corrected chi connectivity index (χ0v) is 21.3. The van der Waals surface area contributed by atoms with E-state index in [1.54, 1.807) is 25.1 Å². The van der Waals surface area contributed by atoms with Crippen molar-refractivity contribution in [1.29, 1.82) is 0 Å². The maximum atomic E-state index is 15.8. The fourth-order valence-electron chi connectivity index (χ4n) is 5.25. The molecular weight excluding hydrogens is 506 g/mol. The third-order valence-corrected chi connectivity index (χ3v) is 7.18. The standard InChI is InChI=1S/C30H30F6O2/c1-3-4-7-19-10-12-20(13-11-19)27-24(32)16-18(2)29(28(27)33)37-25-9-6-5-8-22(25)21-14-15-26(23(31)17-21)38-30(34,35)36/h5-6,8-9,14-17,19-20H,3-4,7,10-13H2,1-2H3. The highest BCUT2D eigenvalue weighted by Crippen LogP contribution is 2.44. The second kappa shape index (κ2) is 11.7. The first-order valence-corrected chi connectivity index (χ1v) is 12.9. The van der Waals surface area contributed by atoms with Gasteiger partial charge in [0.15, 0.2) is 23.1 Å². The number of para-hydroxylation sites is 1. The molecule has 2 nitrogen and oxygen atoms in total. The van der Waals surface area contributed by atoms with E-state index in [1.165, 1.54) is 18.2 Å². The van der Waals surface area contributed by atoms with E-state index in [2.05, 4.69) is 11.7 Å². The molecule has 3 aromatic carbocycles. The lowest BCUT2D eigenvalue weighted by atomic mass is 9.76. The van der Waals surface area contributed by atoms with Crippen LogP contribution in [-0.2, 0) is 0 Å². The quantitative estimate of drug-likeness (QED) is 0.267. The SMILES string of the molecule is CCCCC1CCC(c2c(F)cc(C)c(Oc3ccccc3-c3ccc(OC(F)(F)F)c(F)c3)c2F)CC1. The number of ether oxygens (including phenoxy) is 2. The third kappa shape index (κ3) is 6.45. The Morgan fingerprint density at radius 1 is 0.868 bits per heavy atom. The van der Waals surface area contributed by atoms with Gasteiger partial charge in [-0.15, -0.1) is 13.2 Å². The van der Waals surface area contributed by atoms with Crippen molar-refractivity contribution >= 4 is 0 Å². The van der Waals surface area contributed by atoms with Crippen molar-refractivity contribution in [1.82, 2.24) is 0 Å². The molecule has 1 fully saturated rings. The zero-order valence-electron chi connectivity index (χ0n) is 21.3. The van der Waals surface area contributed by atoms with E-state index in [1.807, 2.05) is 0 Å². The maximum absolute atomic E-state index is 15.8. The van der Waals surface area contributed by atoms with Crippen LogP contribution < -0.4 is 9.47 Å². The van der Waals surface area contributed by atoms with Crippen LogP contribution in [0.2, 0.25) is 0 Å². The molecule has 0 spiro atoms. The Kier molecular flexibility index (Phi) is 8.58. The number of halogens is 6. The Bertz CT molecular complexity index is 1260. The van der Waals surface area contributed by atoms with Gasteiger partial charge in [-0.05, 0) is 79.8 Å². The number of hydrogen-bond donors (Lipinski definition) is 0. The lowest BCUT2D eigenvalue weighted by molar-refractivity contribution is -0.275. The summed E-state index contributed by atoms with van der Waals surface area (Å²) in [6.07, 6.45) is 1.64. The van der Waals surface area contributed by atoms with Crippen LogP contribution in [0.4, 0.5) is 26.3 Å². The molecule has 4 rings (SSSR count). The van der Waals surface area contributed by atoms with Crippen molar-refractivity contribution in [3.63, 3.8) is 0 Å². The van der Waals surface area contributed by atoms with Gasteiger partial charge >= 0.3 is 6.36 Å². The molecule has 3 aromatic rings. The number of benzene rings is 3. The lowest BCUT2D eigenvalue weighted by Gasteiger charge is -2.29. The van der Waals surface area contributed by atoms with E-state index in [4.69, 9.17) is 4.74 Å². The highest BCUT2D eigenvalue weighted by atomic mass is 19.4. The predicted octanol–water partition coefficient (Wildman–Crippen LogP) is 10.2. The molecule has 1 saturated carbocycles. The number of hydrogen-bond acceptors (Lipinski definition) is 2. The monoisotopic (exact) mass is 536 g/mol. The van der Waals surface area contributed by atoms with E-state index in [-0.39, 0.29) is 34.1 Å². The average Bonchev–Trinajstić information content (AvgIpc) is 2.86. The van der Waals surface area contributed by atoms with Crippen molar-refractivity contribution < 1.29 is 35.8 Å². The van der Waals surface area contributed by atoms with Crippen LogP contribution in [-0.4, -0.2) is 6.36 Å². The molecule has 38 heavy (non-hydrogen) atoms. The summed E-state index contributed by atoms with van der Waals surface area (Å²) in [5.41, 5.74) is 0.816. The van der Waals surface area contributed by atoms with E-state index < -0.39 is 29.6 Å². The number of aryl methyl sites for hydroxylation is 1. The summed E-state index contributed by atoms with van der Waals surface area (Å²) < 4.78 is 92.5. The minimum absolute atomic E-state index is 0.0247. The van der Waals surface area contributed by atoms with Crippen molar-refractivity contribution in [3.05, 3.63) is 77.1 Å². The van der Waals surface area contributed by atoms with Gasteiger partial charge in [-0.25, -0.2) is 13.2 Å². The van der Waals surface area contributed by atoms with Gasteiger partial charge in [-0.2, -0.15) is 0 Å². The fraction of sp³-hybridized carbons (Fsp3) is 0.400. The molecule has 8 heteroatoms. The Balaban J connectivity index is 1.62. The molecule has 0 atom stereocenters. The van der Waals surface area contributed by atoms with Crippen molar-refractivity contribution in [2.45, 2.75) is 71.1 Å². The first-order chi connectivity index (χ1) is 18.1. The van der Waals surface area contributed by atoms with Crippen molar-refractivity contribution in [3.8, 4) is 28.4 Å². The first kappa shape index (κ1) is 27.9. The summed E-state index contributed by atoms with van der Waals surface area (Å²) >= 11 is 0. The molecule has 0 aromatic heterocycles. The predicted molar refractivity (Wildman–Crippen MR) is 134 cm³/mol. The maximum Gasteiger partial charge on any atom is 0.573 e. The highest BCUT2D eigenvalue weighted by Gasteiger charge is 2.33. The van der Waals surface area contributed by atoms with E-state index in [0.29, 0.717) is 24.3 Å². The van der Waals surface area contributed by atoms with Gasteiger partial charge < -0.3 is 9.47 Å². The molecule has 204 valence electrons. The van der Waals surface area contributed by atoms with Crippen LogP contribution in [0.5, 0.6) is 17.2 Å². The van der Waals surface area contributed by atoms with Crippen molar-refractivity contribution in [2.75, 3.05) is 0 Å². The molecule has 0 N–H and O–H groups in total. The second-order valence-electron chi connectivity index (χ2n) is 9.88. The van der Waals surface area contributed by atoms with Crippen LogP contribution in [0, 0.1) is 30.3 Å². The van der Waals surface area contributed by atoms with E-state index >= 15 is 8.78 Å². The van der Waals surface area contributed by atoms with Gasteiger partial charge in [0.05, 0.1) is 0 Å². The molecule has 0 unspecified atom stereocenters. The molecule has 0 bridgehead atoms. The molecule has 0 heterocycles. The Morgan fingerprint density at radius 3 is 2.24 bits per heavy atom. The normalized spacial score (nSPS) is 17.9. The lowest BCUT2D eigenvalue weighted by Crippen LogP contribution is -2.17. The summed E-state index contributed by atoms with van der Waals surface area (Å²) in [7, 11) is 0. The van der Waals surface area contributed by atoms with Gasteiger partial charge in [0.1, 0.15) is 11.6 Å². The molecule has 1 aliphatic carbocycles. The summed E-state index contributed by atoms with van der Waals surface area (Å²) in [6, 6.07) is 10.7. The van der Waals surface area contributed by atoms with E-state index in [9.17, 15) is 17.6 Å². The van der Waals surface area contributed by atoms with Crippen LogP contribution in [0.1, 0.15) is 68.9 Å². The highest BCUT2D eigenvalue weighted by molar-refractivity contribution is 5.71. The van der Waals surface area contributed by atoms with Gasteiger partial charge in [0.2, 0.25) is 0 Å². The molecular formula is C30H30F6O2. The fourth-order valence-corrected chi connectivity index (χ4v) is 5.25. The minimum Gasteiger partial charge on any atom is -0.453 e. The zero-order chi connectivity index (χ0) is 27.4. The smallest absolute Gasteiger partial charge is 0.453 e. The molecule has 0 saturated heterocycles. The largest absolute Gasteiger partial charge is 0.573 e. The van der Waals surface area contributed by atoms with Crippen molar-refractivity contribution in [2.24, 2.45) is 5.92 Å². The topological polar surface area (TPSA) is 18.5 Å². The number of alkyl halides is 3. The van der Waals surface area contributed by atoms with Gasteiger partial charge in [0.25, 0.3) is 0 Å². The Labute approximate surface area is 218 Å². The molecule has 0 aliphatic heterocycles. The van der Waals surface area contributed by atoms with Gasteiger partial charge in [-0.1, -0.05) is 50.5 Å². The summed E-state index contributed by atoms with van der Waals surface area (Å²) in [4.78, 5) is 0. The second-order valence-corrected chi connectivity index (χ2v) is 9.88. The molecule has 0 amide bonds. The minimum atomic E-state index is -5.03. The number of unbranched alkanes of at least 4 members (excludes halogenated alkanes) is 1. The van der Waals surface area contributed by atoms with Crippen LogP contribution in [0.3, 0.4) is 0 Å². The third-order valence-electron chi connectivity index (χ3n) is 7.18. The van der Waals surface area contributed by atoms with Gasteiger partial charge in [-0.3, -0.25) is 0 Å². The summed E-state index contributed by atoms with van der Waals surface area (Å²) in [6.45, 7) is 3.69. The van der Waals surface area contributed by atoms with Gasteiger partial charge in [0, 0.05) is 11.1 Å². The number of rotatable bonds is 8. The van der Waals surface area contributed by atoms with Crippen LogP contribution in [0.25, 0.3) is 11.1 Å². The molecule has 1 aliphatic rings. The Morgan fingerprint density at radius 2 is 1.58 bits per heavy atom. The first-order valence-electron chi connectivity index (χ1n) is 12.9. The van der Waals surface area contributed by atoms with Crippen LogP contribution >= 0.6 is 0 Å².